The molecule has 0 N–H and O–H groups in total. The van der Waals surface area contributed by atoms with Crippen LogP contribution in [0.4, 0.5) is 5.69 Å². The van der Waals surface area contributed by atoms with Crippen molar-refractivity contribution in [2.45, 2.75) is 32.9 Å². The Morgan fingerprint density at radius 1 is 1.21 bits per heavy atom. The molecular weight excluding hydrogens is 396 g/mol. The summed E-state index contributed by atoms with van der Waals surface area (Å²) in [6, 6.07) is 13.1. The molecule has 0 aliphatic rings. The zero-order chi connectivity index (χ0) is 21.0. The van der Waals surface area contributed by atoms with Crippen molar-refractivity contribution in [3.63, 3.8) is 0 Å². The summed E-state index contributed by atoms with van der Waals surface area (Å²) < 4.78 is 5.30. The number of amides is 1. The van der Waals surface area contributed by atoms with Crippen LogP contribution in [0.5, 0.6) is 0 Å². The lowest BCUT2D eigenvalue weighted by Crippen LogP contribution is -2.37. The minimum absolute atomic E-state index is 0.0765. The number of nitrogens with zero attached hydrogens (tertiary/aromatic N) is 4. The summed E-state index contributed by atoms with van der Waals surface area (Å²) in [4.78, 5) is 29.5. The molecule has 1 amide bonds. The van der Waals surface area contributed by atoms with Crippen molar-refractivity contribution in [2.24, 2.45) is 0 Å². The number of halogens is 1. The lowest BCUT2D eigenvalue weighted by atomic mass is 10.1. The molecule has 29 heavy (non-hydrogen) atoms. The molecular formula is C20H19ClN4O4. The van der Waals surface area contributed by atoms with Crippen LogP contribution in [0.25, 0.3) is 11.4 Å². The fourth-order valence-electron chi connectivity index (χ4n) is 2.84. The van der Waals surface area contributed by atoms with E-state index in [1.807, 2.05) is 13.8 Å². The molecule has 0 aliphatic heterocycles. The summed E-state index contributed by atoms with van der Waals surface area (Å²) in [5.74, 6) is 0.409. The third-order valence-electron chi connectivity index (χ3n) is 4.35. The number of para-hydroxylation sites is 1. The number of nitro groups is 1. The van der Waals surface area contributed by atoms with Crippen molar-refractivity contribution < 1.29 is 14.2 Å². The van der Waals surface area contributed by atoms with Gasteiger partial charge in [0.05, 0.1) is 11.3 Å². The van der Waals surface area contributed by atoms with E-state index in [0.29, 0.717) is 16.4 Å². The summed E-state index contributed by atoms with van der Waals surface area (Å²) in [7, 11) is 0. The maximum Gasteiger partial charge on any atom is 0.273 e. The van der Waals surface area contributed by atoms with E-state index < -0.39 is 4.92 Å². The summed E-state index contributed by atoms with van der Waals surface area (Å²) in [5.41, 5.74) is 1.03. The van der Waals surface area contributed by atoms with Crippen LogP contribution < -0.4 is 0 Å². The fourth-order valence-corrected chi connectivity index (χ4v) is 2.97. The predicted octanol–water partition coefficient (Wildman–Crippen LogP) is 4.28. The average Bonchev–Trinajstić information content (AvgIpc) is 3.15. The van der Waals surface area contributed by atoms with Crippen LogP contribution in [-0.4, -0.2) is 31.9 Å². The molecule has 1 aromatic heterocycles. The molecule has 8 nitrogen and oxygen atoms in total. The second kappa shape index (κ2) is 8.83. The van der Waals surface area contributed by atoms with Gasteiger partial charge in [-0.1, -0.05) is 35.0 Å². The van der Waals surface area contributed by atoms with Gasteiger partial charge in [-0.05, 0) is 38.1 Å². The van der Waals surface area contributed by atoms with Gasteiger partial charge in [0.2, 0.25) is 17.6 Å². The molecule has 3 rings (SSSR count). The Labute approximate surface area is 172 Å². The highest BCUT2D eigenvalue weighted by Gasteiger charge is 2.24. The number of hydrogen-bond donors (Lipinski definition) is 0. The van der Waals surface area contributed by atoms with Crippen molar-refractivity contribution in [2.75, 3.05) is 0 Å². The van der Waals surface area contributed by atoms with Gasteiger partial charge in [0, 0.05) is 28.3 Å². The van der Waals surface area contributed by atoms with Crippen LogP contribution in [0.1, 0.15) is 25.3 Å². The number of carbonyl (C=O) groups is 1. The molecule has 0 aliphatic carbocycles. The number of benzene rings is 2. The van der Waals surface area contributed by atoms with Gasteiger partial charge >= 0.3 is 0 Å². The fraction of sp³-hybridized carbons (Fsp3) is 0.250. The van der Waals surface area contributed by atoms with Gasteiger partial charge in [-0.3, -0.25) is 14.9 Å². The first kappa shape index (κ1) is 20.5. The van der Waals surface area contributed by atoms with E-state index in [0.717, 1.165) is 5.56 Å². The normalized spacial score (nSPS) is 10.9. The van der Waals surface area contributed by atoms with Crippen LogP contribution in [0.2, 0.25) is 5.02 Å². The smallest absolute Gasteiger partial charge is 0.273 e. The van der Waals surface area contributed by atoms with Gasteiger partial charge in [-0.25, -0.2) is 0 Å². The minimum Gasteiger partial charge on any atom is -0.337 e. The quantitative estimate of drug-likeness (QED) is 0.422. The van der Waals surface area contributed by atoms with E-state index in [4.69, 9.17) is 16.1 Å². The van der Waals surface area contributed by atoms with E-state index in [2.05, 4.69) is 10.1 Å². The molecule has 1 heterocycles. The number of nitro benzene ring substituents is 1. The zero-order valence-electron chi connectivity index (χ0n) is 15.9. The van der Waals surface area contributed by atoms with Crippen molar-refractivity contribution in [1.82, 2.24) is 15.0 Å². The van der Waals surface area contributed by atoms with Crippen molar-refractivity contribution in [1.29, 1.82) is 0 Å². The number of hydrogen-bond acceptors (Lipinski definition) is 6. The van der Waals surface area contributed by atoms with Gasteiger partial charge in [0.15, 0.2) is 0 Å². The lowest BCUT2D eigenvalue weighted by Gasteiger charge is -2.25. The minimum atomic E-state index is -0.487. The molecule has 0 bridgehead atoms. The number of rotatable bonds is 7. The molecule has 0 unspecified atom stereocenters. The molecule has 0 spiro atoms. The maximum atomic E-state index is 12.8. The van der Waals surface area contributed by atoms with Crippen LogP contribution in [-0.2, 0) is 17.8 Å². The topological polar surface area (TPSA) is 102 Å². The molecule has 150 valence electrons. The molecule has 9 heteroatoms. The third-order valence-corrected chi connectivity index (χ3v) is 4.60. The van der Waals surface area contributed by atoms with E-state index in [9.17, 15) is 14.9 Å². The first-order valence-corrected chi connectivity index (χ1v) is 9.33. The maximum absolute atomic E-state index is 12.8. The Bertz CT molecular complexity index is 1020. The van der Waals surface area contributed by atoms with Crippen LogP contribution in [0.15, 0.2) is 53.1 Å². The Morgan fingerprint density at radius 2 is 1.90 bits per heavy atom. The van der Waals surface area contributed by atoms with E-state index in [1.54, 1.807) is 47.4 Å². The summed E-state index contributed by atoms with van der Waals surface area (Å²) >= 11 is 5.89. The highest BCUT2D eigenvalue weighted by Crippen LogP contribution is 2.21. The van der Waals surface area contributed by atoms with Gasteiger partial charge in [-0.2, -0.15) is 4.98 Å². The molecule has 0 saturated heterocycles. The Morgan fingerprint density at radius 3 is 2.55 bits per heavy atom. The van der Waals surface area contributed by atoms with Gasteiger partial charge < -0.3 is 9.42 Å². The van der Waals surface area contributed by atoms with E-state index >= 15 is 0 Å². The molecule has 0 fully saturated rings. The molecule has 3 aromatic rings. The van der Waals surface area contributed by atoms with E-state index in [1.165, 1.54) is 6.07 Å². The average molecular weight is 415 g/mol. The van der Waals surface area contributed by atoms with Gasteiger partial charge in [0.25, 0.3) is 5.69 Å². The van der Waals surface area contributed by atoms with Crippen molar-refractivity contribution >= 4 is 23.2 Å². The molecule has 0 saturated carbocycles. The Kier molecular flexibility index (Phi) is 6.23. The van der Waals surface area contributed by atoms with Crippen LogP contribution >= 0.6 is 11.6 Å². The second-order valence-electron chi connectivity index (χ2n) is 6.70. The highest BCUT2D eigenvalue weighted by molar-refractivity contribution is 6.30. The number of carbonyl (C=O) groups excluding carboxylic acids is 1. The largest absolute Gasteiger partial charge is 0.337 e. The highest BCUT2D eigenvalue weighted by atomic mass is 35.5. The summed E-state index contributed by atoms with van der Waals surface area (Å²) in [5, 5.41) is 15.7. The van der Waals surface area contributed by atoms with Crippen molar-refractivity contribution in [3.05, 3.63) is 75.1 Å². The van der Waals surface area contributed by atoms with Gasteiger partial charge in [0.1, 0.15) is 6.54 Å². The Balaban J connectivity index is 1.76. The molecule has 2 aromatic carbocycles. The lowest BCUT2D eigenvalue weighted by molar-refractivity contribution is -0.385. The van der Waals surface area contributed by atoms with Crippen LogP contribution in [0.3, 0.4) is 0 Å². The molecule has 0 atom stereocenters. The standard InChI is InChI=1S/C20H19ClN4O4/c1-13(2)24(19(26)11-15-5-3-4-6-17(15)25(27)28)12-18-22-20(23-29-18)14-7-9-16(21)10-8-14/h3-10,13H,11-12H2,1-2H3. The number of aromatic nitrogens is 2. The first-order chi connectivity index (χ1) is 13.8. The second-order valence-corrected chi connectivity index (χ2v) is 7.13. The third kappa shape index (κ3) is 4.97. The van der Waals surface area contributed by atoms with Crippen molar-refractivity contribution in [3.8, 4) is 11.4 Å². The van der Waals surface area contributed by atoms with E-state index in [-0.39, 0.29) is 36.5 Å². The summed E-state index contributed by atoms with van der Waals surface area (Å²) in [6.07, 6.45) is -0.0898. The molecule has 0 radical (unpaired) electrons. The summed E-state index contributed by atoms with van der Waals surface area (Å²) in [6.45, 7) is 3.82. The zero-order valence-corrected chi connectivity index (χ0v) is 16.7. The monoisotopic (exact) mass is 414 g/mol. The van der Waals surface area contributed by atoms with Crippen LogP contribution in [0, 0.1) is 10.1 Å². The first-order valence-electron chi connectivity index (χ1n) is 8.95. The predicted molar refractivity (Wildman–Crippen MR) is 107 cm³/mol. The van der Waals surface area contributed by atoms with Gasteiger partial charge in [-0.15, -0.1) is 0 Å². The SMILES string of the molecule is CC(C)N(Cc1nc(-c2ccc(Cl)cc2)no1)C(=O)Cc1ccccc1[N+](=O)[O-]. The Hall–Kier alpha value is -3.26.